The number of hydrogen-bond acceptors (Lipinski definition) is 5. The van der Waals surface area contributed by atoms with Crippen molar-refractivity contribution in [1.29, 1.82) is 0 Å². The minimum atomic E-state index is -1.26. The molecule has 3 amide bonds. The number of amides is 3. The Kier molecular flexibility index (Phi) is 7.32. The smallest absolute Gasteiger partial charge is 0.246 e. The standard InChI is InChI=1S/C32H36FN3O5/c1-3-40-23-14-12-22(13-15-23)34-29(37)26-25-16-17-32(41-25)27(26)31(39)36(18-20-8-10-21(33)11-9-20)28(32)30(38)35-24-7-5-4-6-19(24)2/h8-17,19,24-28H,3-7,18H2,1-2H3,(H,34,37)(H,35,38)/t19-,24-,25-,26+,27-,28-,32-/m0/s1. The van der Waals surface area contributed by atoms with Crippen molar-refractivity contribution >= 4 is 23.4 Å². The first-order valence-corrected chi connectivity index (χ1v) is 14.6. The number of carbonyl (C=O) groups is 3. The summed E-state index contributed by atoms with van der Waals surface area (Å²) in [6.07, 6.45) is 7.08. The summed E-state index contributed by atoms with van der Waals surface area (Å²) in [4.78, 5) is 43.4. The molecule has 9 heteroatoms. The highest BCUT2D eigenvalue weighted by atomic mass is 19.1. The lowest BCUT2D eigenvalue weighted by atomic mass is 9.74. The lowest BCUT2D eigenvalue weighted by Gasteiger charge is -2.36. The summed E-state index contributed by atoms with van der Waals surface area (Å²) in [5.74, 6) is -1.96. The first-order chi connectivity index (χ1) is 19.8. The Morgan fingerprint density at radius 3 is 2.51 bits per heavy atom. The van der Waals surface area contributed by atoms with Gasteiger partial charge in [-0.1, -0.05) is 44.1 Å². The quantitative estimate of drug-likeness (QED) is 0.471. The maximum absolute atomic E-state index is 14.2. The van der Waals surface area contributed by atoms with Gasteiger partial charge in [0.15, 0.2) is 0 Å². The highest BCUT2D eigenvalue weighted by molar-refractivity contribution is 6.02. The van der Waals surface area contributed by atoms with Gasteiger partial charge in [-0.3, -0.25) is 14.4 Å². The van der Waals surface area contributed by atoms with Crippen LogP contribution in [0.1, 0.15) is 45.1 Å². The van der Waals surface area contributed by atoms with Crippen molar-refractivity contribution in [3.8, 4) is 5.75 Å². The summed E-state index contributed by atoms with van der Waals surface area (Å²) in [5, 5.41) is 6.16. The van der Waals surface area contributed by atoms with Crippen LogP contribution < -0.4 is 15.4 Å². The zero-order valence-electron chi connectivity index (χ0n) is 23.3. The van der Waals surface area contributed by atoms with Gasteiger partial charge in [-0.05, 0) is 67.6 Å². The first kappa shape index (κ1) is 27.4. The molecule has 2 saturated heterocycles. The molecule has 3 fully saturated rings. The second kappa shape index (κ2) is 10.9. The average Bonchev–Trinajstić information content (AvgIpc) is 3.60. The number of likely N-dealkylation sites (tertiary alicyclic amines) is 1. The van der Waals surface area contributed by atoms with Gasteiger partial charge in [0.25, 0.3) is 0 Å². The Balaban J connectivity index is 1.29. The third-order valence-electron chi connectivity index (χ3n) is 9.06. The predicted octanol–water partition coefficient (Wildman–Crippen LogP) is 4.21. The van der Waals surface area contributed by atoms with Crippen molar-refractivity contribution in [3.05, 3.63) is 72.1 Å². The van der Waals surface area contributed by atoms with Crippen LogP contribution >= 0.6 is 0 Å². The van der Waals surface area contributed by atoms with Gasteiger partial charge in [0, 0.05) is 18.3 Å². The molecule has 1 saturated carbocycles. The maximum atomic E-state index is 14.2. The molecule has 1 aliphatic carbocycles. The molecule has 0 aromatic heterocycles. The Morgan fingerprint density at radius 2 is 1.80 bits per heavy atom. The summed E-state index contributed by atoms with van der Waals surface area (Å²) < 4.78 is 25.6. The van der Waals surface area contributed by atoms with Crippen molar-refractivity contribution in [2.45, 2.75) is 69.9 Å². The first-order valence-electron chi connectivity index (χ1n) is 14.6. The summed E-state index contributed by atoms with van der Waals surface area (Å²) in [6, 6.07) is 12.0. The summed E-state index contributed by atoms with van der Waals surface area (Å²) in [5.41, 5.74) is 0.00671. The molecule has 41 heavy (non-hydrogen) atoms. The zero-order chi connectivity index (χ0) is 28.7. The second-order valence-corrected chi connectivity index (χ2v) is 11.6. The summed E-state index contributed by atoms with van der Waals surface area (Å²) >= 11 is 0. The molecule has 216 valence electrons. The van der Waals surface area contributed by atoms with Crippen LogP contribution in [0.4, 0.5) is 10.1 Å². The number of nitrogens with one attached hydrogen (secondary N) is 2. The molecule has 6 rings (SSSR count). The Labute approximate surface area is 239 Å². The molecule has 2 aromatic rings. The lowest BCUT2D eigenvalue weighted by Crippen LogP contribution is -2.57. The molecule has 4 aliphatic rings. The van der Waals surface area contributed by atoms with Gasteiger partial charge in [-0.15, -0.1) is 0 Å². The number of nitrogens with zero attached hydrogens (tertiary/aromatic N) is 1. The van der Waals surface area contributed by atoms with Gasteiger partial charge in [0.2, 0.25) is 17.7 Å². The van der Waals surface area contributed by atoms with E-state index in [2.05, 4.69) is 17.6 Å². The van der Waals surface area contributed by atoms with Crippen LogP contribution in [0.15, 0.2) is 60.7 Å². The Morgan fingerprint density at radius 1 is 1.07 bits per heavy atom. The highest BCUT2D eigenvalue weighted by Gasteiger charge is 2.72. The van der Waals surface area contributed by atoms with E-state index < -0.39 is 29.6 Å². The lowest BCUT2D eigenvalue weighted by molar-refractivity contribution is -0.142. The summed E-state index contributed by atoms with van der Waals surface area (Å²) in [7, 11) is 0. The van der Waals surface area contributed by atoms with E-state index in [-0.39, 0.29) is 36.1 Å². The van der Waals surface area contributed by atoms with E-state index >= 15 is 0 Å². The van der Waals surface area contributed by atoms with E-state index in [9.17, 15) is 18.8 Å². The van der Waals surface area contributed by atoms with Gasteiger partial charge in [0.05, 0.1) is 24.5 Å². The van der Waals surface area contributed by atoms with Gasteiger partial charge in [-0.25, -0.2) is 4.39 Å². The Bertz CT molecular complexity index is 1350. The van der Waals surface area contributed by atoms with Crippen LogP contribution in [-0.4, -0.2) is 53.0 Å². The molecule has 3 heterocycles. The van der Waals surface area contributed by atoms with Crippen LogP contribution in [0, 0.1) is 23.6 Å². The van der Waals surface area contributed by atoms with Crippen LogP contribution in [-0.2, 0) is 25.7 Å². The van der Waals surface area contributed by atoms with Gasteiger partial charge < -0.3 is 25.0 Å². The van der Waals surface area contributed by atoms with Crippen LogP contribution in [0.2, 0.25) is 0 Å². The van der Waals surface area contributed by atoms with Crippen molar-refractivity contribution in [3.63, 3.8) is 0 Å². The summed E-state index contributed by atoms with van der Waals surface area (Å²) in [6.45, 7) is 4.67. The molecule has 7 atom stereocenters. The van der Waals surface area contributed by atoms with Crippen molar-refractivity contribution in [2.75, 3.05) is 11.9 Å². The Hall–Kier alpha value is -3.72. The number of benzene rings is 2. The maximum Gasteiger partial charge on any atom is 0.246 e. The third-order valence-corrected chi connectivity index (χ3v) is 9.06. The minimum Gasteiger partial charge on any atom is -0.494 e. The molecular weight excluding hydrogens is 525 g/mol. The number of anilines is 1. The van der Waals surface area contributed by atoms with Crippen LogP contribution in [0.5, 0.6) is 5.75 Å². The van der Waals surface area contributed by atoms with Crippen molar-refractivity contribution < 1.29 is 28.2 Å². The van der Waals surface area contributed by atoms with E-state index in [1.54, 1.807) is 48.6 Å². The van der Waals surface area contributed by atoms with E-state index in [4.69, 9.17) is 9.47 Å². The van der Waals surface area contributed by atoms with E-state index in [0.29, 0.717) is 29.5 Å². The topological polar surface area (TPSA) is 97.0 Å². The number of halogens is 1. The highest BCUT2D eigenvalue weighted by Crippen LogP contribution is 2.55. The molecule has 1 spiro atoms. The monoisotopic (exact) mass is 561 g/mol. The number of fused-ring (bicyclic) bond motifs is 1. The molecule has 3 aliphatic heterocycles. The predicted molar refractivity (Wildman–Crippen MR) is 150 cm³/mol. The zero-order valence-corrected chi connectivity index (χ0v) is 23.3. The van der Waals surface area contributed by atoms with Crippen LogP contribution in [0.25, 0.3) is 0 Å². The van der Waals surface area contributed by atoms with E-state index in [0.717, 1.165) is 25.7 Å². The molecule has 2 bridgehead atoms. The van der Waals surface area contributed by atoms with E-state index in [1.807, 2.05) is 6.92 Å². The molecule has 0 radical (unpaired) electrons. The van der Waals surface area contributed by atoms with Gasteiger partial charge in [-0.2, -0.15) is 0 Å². The number of ether oxygens (including phenoxy) is 2. The van der Waals surface area contributed by atoms with Crippen molar-refractivity contribution in [1.82, 2.24) is 10.2 Å². The van der Waals surface area contributed by atoms with E-state index in [1.165, 1.54) is 17.0 Å². The van der Waals surface area contributed by atoms with Crippen LogP contribution in [0.3, 0.4) is 0 Å². The van der Waals surface area contributed by atoms with Gasteiger partial charge >= 0.3 is 0 Å². The molecule has 2 N–H and O–H groups in total. The normalized spacial score (nSPS) is 31.7. The SMILES string of the molecule is CCOc1ccc(NC(=O)[C@@H]2[C@@H]3C=C[C@]4(O3)[C@@H]2C(=O)N(Cc2ccc(F)cc2)[C@H]4C(=O)N[C@H]2CCCC[C@@H]2C)cc1. The number of rotatable bonds is 8. The minimum absolute atomic E-state index is 0.0100. The fourth-order valence-corrected chi connectivity index (χ4v) is 7.04. The number of hydrogen-bond donors (Lipinski definition) is 2. The average molecular weight is 562 g/mol. The fourth-order valence-electron chi connectivity index (χ4n) is 7.04. The molecular formula is C32H36FN3O5. The largest absolute Gasteiger partial charge is 0.494 e. The molecule has 0 unspecified atom stereocenters. The van der Waals surface area contributed by atoms with Gasteiger partial charge in [0.1, 0.15) is 23.2 Å². The molecule has 8 nitrogen and oxygen atoms in total. The second-order valence-electron chi connectivity index (χ2n) is 11.6. The third kappa shape index (κ3) is 4.90. The number of carbonyl (C=O) groups excluding carboxylic acids is 3. The molecule has 2 aromatic carbocycles. The fraction of sp³-hybridized carbons (Fsp3) is 0.469. The van der Waals surface area contributed by atoms with Crippen molar-refractivity contribution in [2.24, 2.45) is 17.8 Å².